The van der Waals surface area contributed by atoms with Crippen molar-refractivity contribution in [3.63, 3.8) is 0 Å². The highest BCUT2D eigenvalue weighted by Crippen LogP contribution is 2.41. The van der Waals surface area contributed by atoms with Gasteiger partial charge < -0.3 is 9.47 Å². The molecule has 2 rings (SSSR count). The van der Waals surface area contributed by atoms with Crippen molar-refractivity contribution in [2.75, 3.05) is 14.2 Å². The summed E-state index contributed by atoms with van der Waals surface area (Å²) in [5.74, 6) is 1.61. The topological polar surface area (TPSA) is 36.3 Å². The molecule has 1 heterocycles. The van der Waals surface area contributed by atoms with Crippen LogP contribution >= 0.6 is 0 Å². The van der Waals surface area contributed by atoms with Crippen LogP contribution in [0.25, 0.3) is 11.1 Å². The van der Waals surface area contributed by atoms with E-state index in [0.29, 0.717) is 6.04 Å². The zero-order chi connectivity index (χ0) is 14.9. The SMILES string of the molecule is COc1cccc(OC)c1-c1c(C)nn(C(C)C)c1C. The first-order valence-corrected chi connectivity index (χ1v) is 6.78. The Balaban J connectivity index is 2.74. The molecular formula is C16H22N2O2. The number of hydrogen-bond donors (Lipinski definition) is 0. The van der Waals surface area contributed by atoms with Crippen LogP contribution in [0.4, 0.5) is 0 Å². The van der Waals surface area contributed by atoms with Crippen LogP contribution in [-0.4, -0.2) is 24.0 Å². The van der Waals surface area contributed by atoms with E-state index >= 15 is 0 Å². The fourth-order valence-electron chi connectivity index (χ4n) is 2.63. The molecule has 0 atom stereocenters. The van der Waals surface area contributed by atoms with Crippen LogP contribution in [0.1, 0.15) is 31.3 Å². The van der Waals surface area contributed by atoms with Gasteiger partial charge in [0.25, 0.3) is 0 Å². The van der Waals surface area contributed by atoms with Crippen molar-refractivity contribution in [2.45, 2.75) is 33.7 Å². The first kappa shape index (κ1) is 14.4. The molecule has 108 valence electrons. The molecule has 0 radical (unpaired) electrons. The third kappa shape index (κ3) is 2.26. The summed E-state index contributed by atoms with van der Waals surface area (Å²) in [5, 5.41) is 4.64. The number of benzene rings is 1. The van der Waals surface area contributed by atoms with Crippen molar-refractivity contribution in [1.82, 2.24) is 9.78 Å². The van der Waals surface area contributed by atoms with E-state index in [1.54, 1.807) is 14.2 Å². The van der Waals surface area contributed by atoms with Crippen LogP contribution in [0.5, 0.6) is 11.5 Å². The average Bonchev–Trinajstić information content (AvgIpc) is 2.73. The van der Waals surface area contributed by atoms with Gasteiger partial charge in [-0.25, -0.2) is 0 Å². The van der Waals surface area contributed by atoms with Crippen molar-refractivity contribution in [1.29, 1.82) is 0 Å². The molecule has 1 aromatic heterocycles. The molecule has 0 spiro atoms. The molecule has 0 aliphatic rings. The van der Waals surface area contributed by atoms with Gasteiger partial charge in [-0.15, -0.1) is 0 Å². The summed E-state index contributed by atoms with van der Waals surface area (Å²) < 4.78 is 13.0. The molecule has 4 heteroatoms. The molecule has 0 unspecified atom stereocenters. The standard InChI is InChI=1S/C16H22N2O2/c1-10(2)18-12(4)15(11(3)17-18)16-13(19-5)8-7-9-14(16)20-6/h7-10H,1-6H3. The highest BCUT2D eigenvalue weighted by Gasteiger charge is 2.21. The quantitative estimate of drug-likeness (QED) is 0.851. The molecule has 0 aliphatic carbocycles. The zero-order valence-electron chi connectivity index (χ0n) is 13.0. The number of hydrogen-bond acceptors (Lipinski definition) is 3. The fourth-order valence-corrected chi connectivity index (χ4v) is 2.63. The number of aryl methyl sites for hydroxylation is 1. The van der Waals surface area contributed by atoms with Gasteiger partial charge in [0.15, 0.2) is 0 Å². The smallest absolute Gasteiger partial charge is 0.130 e. The van der Waals surface area contributed by atoms with Gasteiger partial charge in [0.2, 0.25) is 0 Å². The first-order valence-electron chi connectivity index (χ1n) is 6.78. The lowest BCUT2D eigenvalue weighted by molar-refractivity contribution is 0.397. The van der Waals surface area contributed by atoms with E-state index in [2.05, 4.69) is 25.9 Å². The van der Waals surface area contributed by atoms with Crippen molar-refractivity contribution in [2.24, 2.45) is 0 Å². The summed E-state index contributed by atoms with van der Waals surface area (Å²) in [7, 11) is 3.35. The van der Waals surface area contributed by atoms with Crippen molar-refractivity contribution in [3.05, 3.63) is 29.6 Å². The van der Waals surface area contributed by atoms with E-state index in [9.17, 15) is 0 Å². The minimum absolute atomic E-state index is 0.322. The number of methoxy groups -OCH3 is 2. The summed E-state index contributed by atoms with van der Waals surface area (Å²) in [6, 6.07) is 6.15. The summed E-state index contributed by atoms with van der Waals surface area (Å²) >= 11 is 0. The Morgan fingerprint density at radius 1 is 1.00 bits per heavy atom. The van der Waals surface area contributed by atoms with Gasteiger partial charge in [0.1, 0.15) is 11.5 Å². The van der Waals surface area contributed by atoms with Gasteiger partial charge in [-0.2, -0.15) is 5.10 Å². The highest BCUT2D eigenvalue weighted by molar-refractivity contribution is 5.80. The van der Waals surface area contributed by atoms with Crippen LogP contribution in [0, 0.1) is 13.8 Å². The van der Waals surface area contributed by atoms with Gasteiger partial charge >= 0.3 is 0 Å². The molecule has 0 amide bonds. The number of ether oxygens (including phenoxy) is 2. The Morgan fingerprint density at radius 2 is 1.55 bits per heavy atom. The maximum atomic E-state index is 5.50. The third-order valence-corrected chi connectivity index (χ3v) is 3.49. The first-order chi connectivity index (χ1) is 9.51. The van der Waals surface area contributed by atoms with E-state index in [0.717, 1.165) is 34.0 Å². The predicted molar refractivity (Wildman–Crippen MR) is 80.6 cm³/mol. The van der Waals surface area contributed by atoms with Gasteiger partial charge in [-0.3, -0.25) is 4.68 Å². The molecule has 20 heavy (non-hydrogen) atoms. The van der Waals surface area contributed by atoms with Crippen molar-refractivity contribution < 1.29 is 9.47 Å². The minimum atomic E-state index is 0.322. The second kappa shape index (κ2) is 5.57. The fraction of sp³-hybridized carbons (Fsp3) is 0.438. The van der Waals surface area contributed by atoms with Crippen LogP contribution in [0.15, 0.2) is 18.2 Å². The van der Waals surface area contributed by atoms with E-state index in [1.807, 2.05) is 29.8 Å². The second-order valence-corrected chi connectivity index (χ2v) is 5.12. The molecular weight excluding hydrogens is 252 g/mol. The largest absolute Gasteiger partial charge is 0.496 e. The van der Waals surface area contributed by atoms with E-state index in [1.165, 1.54) is 0 Å². The van der Waals surface area contributed by atoms with Gasteiger partial charge in [0.05, 0.1) is 25.5 Å². The molecule has 0 aliphatic heterocycles. The molecule has 0 fully saturated rings. The monoisotopic (exact) mass is 274 g/mol. The molecule has 1 aromatic carbocycles. The van der Waals surface area contributed by atoms with Crippen molar-refractivity contribution >= 4 is 0 Å². The molecule has 0 N–H and O–H groups in total. The molecule has 0 saturated heterocycles. The minimum Gasteiger partial charge on any atom is -0.496 e. The number of nitrogens with zero attached hydrogens (tertiary/aromatic N) is 2. The summed E-state index contributed by atoms with van der Waals surface area (Å²) in [5.41, 5.74) is 4.17. The normalized spacial score (nSPS) is 10.9. The molecule has 2 aromatic rings. The molecule has 0 saturated carbocycles. The summed E-state index contributed by atoms with van der Waals surface area (Å²) in [6.07, 6.45) is 0. The second-order valence-electron chi connectivity index (χ2n) is 5.12. The average molecular weight is 274 g/mol. The maximum absolute atomic E-state index is 5.50. The van der Waals surface area contributed by atoms with Crippen LogP contribution in [0.2, 0.25) is 0 Å². The maximum Gasteiger partial charge on any atom is 0.130 e. The van der Waals surface area contributed by atoms with Crippen LogP contribution < -0.4 is 9.47 Å². The number of rotatable bonds is 4. The lowest BCUT2D eigenvalue weighted by Crippen LogP contribution is -2.05. The Kier molecular flexibility index (Phi) is 4.02. The van der Waals surface area contributed by atoms with Crippen molar-refractivity contribution in [3.8, 4) is 22.6 Å². The summed E-state index contributed by atoms with van der Waals surface area (Å²) in [6.45, 7) is 8.36. The lowest BCUT2D eigenvalue weighted by Gasteiger charge is -2.14. The Labute approximate surface area is 120 Å². The zero-order valence-corrected chi connectivity index (χ0v) is 13.0. The summed E-state index contributed by atoms with van der Waals surface area (Å²) in [4.78, 5) is 0. The van der Waals surface area contributed by atoms with E-state index < -0.39 is 0 Å². The Bertz CT molecular complexity index is 593. The van der Waals surface area contributed by atoms with Crippen LogP contribution in [-0.2, 0) is 0 Å². The van der Waals surface area contributed by atoms with Gasteiger partial charge in [0, 0.05) is 17.3 Å². The van der Waals surface area contributed by atoms with Crippen LogP contribution in [0.3, 0.4) is 0 Å². The van der Waals surface area contributed by atoms with Gasteiger partial charge in [-0.05, 0) is 39.8 Å². The van der Waals surface area contributed by atoms with E-state index in [-0.39, 0.29) is 0 Å². The Morgan fingerprint density at radius 3 is 1.95 bits per heavy atom. The van der Waals surface area contributed by atoms with E-state index in [4.69, 9.17) is 9.47 Å². The lowest BCUT2D eigenvalue weighted by atomic mass is 10.0. The Hall–Kier alpha value is -1.97. The van der Waals surface area contributed by atoms with Gasteiger partial charge in [-0.1, -0.05) is 6.07 Å². The predicted octanol–water partition coefficient (Wildman–Crippen LogP) is 3.77. The highest BCUT2D eigenvalue weighted by atomic mass is 16.5. The number of aromatic nitrogens is 2. The third-order valence-electron chi connectivity index (χ3n) is 3.49. The molecule has 4 nitrogen and oxygen atoms in total. The molecule has 0 bridgehead atoms.